The van der Waals surface area contributed by atoms with Crippen LogP contribution in [0.25, 0.3) is 11.0 Å². The van der Waals surface area contributed by atoms with Crippen LogP contribution in [0, 0.1) is 0 Å². The maximum absolute atomic E-state index is 13.1. The van der Waals surface area contributed by atoms with Gasteiger partial charge in [-0.15, -0.1) is 5.10 Å². The third-order valence-electron chi connectivity index (χ3n) is 4.96. The summed E-state index contributed by atoms with van der Waals surface area (Å²) in [7, 11) is 0. The van der Waals surface area contributed by atoms with Crippen LogP contribution in [0.4, 0.5) is 0 Å². The Morgan fingerprint density at radius 2 is 1.60 bits per heavy atom. The molecular weight excluding hydrogens is 378 g/mol. The highest BCUT2D eigenvalue weighted by molar-refractivity contribution is 6.01. The fraction of sp³-hybridized carbons (Fsp3) is 0.167. The lowest BCUT2D eigenvalue weighted by Gasteiger charge is -2.17. The Morgan fingerprint density at radius 3 is 2.33 bits per heavy atom. The highest BCUT2D eigenvalue weighted by Gasteiger charge is 2.26. The molecule has 0 saturated carbocycles. The van der Waals surface area contributed by atoms with E-state index in [0.29, 0.717) is 16.6 Å². The van der Waals surface area contributed by atoms with Gasteiger partial charge in [-0.3, -0.25) is 4.79 Å². The van der Waals surface area contributed by atoms with Crippen LogP contribution >= 0.6 is 0 Å². The molecule has 4 rings (SSSR count). The van der Waals surface area contributed by atoms with Crippen molar-refractivity contribution in [3.63, 3.8) is 0 Å². The van der Waals surface area contributed by atoms with Crippen molar-refractivity contribution in [1.29, 1.82) is 0 Å². The molecule has 0 aliphatic heterocycles. The van der Waals surface area contributed by atoms with Crippen LogP contribution in [-0.2, 0) is 17.7 Å². The second kappa shape index (κ2) is 8.69. The number of hydrogen-bond donors (Lipinski definition) is 0. The lowest BCUT2D eigenvalue weighted by Crippen LogP contribution is -2.32. The summed E-state index contributed by atoms with van der Waals surface area (Å²) in [4.78, 5) is 25.9. The molecule has 0 unspecified atom stereocenters. The molecule has 1 aromatic heterocycles. The van der Waals surface area contributed by atoms with Crippen molar-refractivity contribution in [3.8, 4) is 0 Å². The van der Waals surface area contributed by atoms with Gasteiger partial charge in [-0.2, -0.15) is 0 Å². The smallest absolute Gasteiger partial charge is 0.338 e. The Labute approximate surface area is 174 Å². The maximum atomic E-state index is 13.1. The first-order valence-corrected chi connectivity index (χ1v) is 9.83. The number of ketones is 1. The number of carbonyl (C=O) groups is 2. The van der Waals surface area contributed by atoms with Gasteiger partial charge in [0, 0.05) is 5.56 Å². The van der Waals surface area contributed by atoms with Gasteiger partial charge in [-0.25, -0.2) is 9.48 Å². The number of hydrogen-bond acceptors (Lipinski definition) is 5. The van der Waals surface area contributed by atoms with Crippen LogP contribution < -0.4 is 0 Å². The Morgan fingerprint density at radius 1 is 0.900 bits per heavy atom. The third kappa shape index (κ3) is 4.12. The Hall–Kier alpha value is -3.80. The zero-order chi connectivity index (χ0) is 20.9. The number of fused-ring (bicyclic) bond motifs is 1. The SMILES string of the molecule is CCc1ccc(C(=O)O[C@@H](Cn2nnc3ccccc32)C(=O)c2ccccc2)cc1. The number of aryl methyl sites for hydroxylation is 1. The first kappa shape index (κ1) is 19.5. The van der Waals surface area contributed by atoms with E-state index >= 15 is 0 Å². The molecule has 0 aliphatic carbocycles. The molecule has 0 saturated heterocycles. The lowest BCUT2D eigenvalue weighted by molar-refractivity contribution is 0.0245. The summed E-state index contributed by atoms with van der Waals surface area (Å²) in [6, 6.07) is 23.5. The van der Waals surface area contributed by atoms with Gasteiger partial charge in [0.05, 0.1) is 17.6 Å². The summed E-state index contributed by atoms with van der Waals surface area (Å²) in [5.74, 6) is -0.829. The summed E-state index contributed by atoms with van der Waals surface area (Å²) in [5.41, 5.74) is 3.48. The highest BCUT2D eigenvalue weighted by Crippen LogP contribution is 2.16. The minimum atomic E-state index is -1.03. The van der Waals surface area contributed by atoms with Gasteiger partial charge in [0.15, 0.2) is 6.10 Å². The Balaban J connectivity index is 1.62. The van der Waals surface area contributed by atoms with Gasteiger partial charge >= 0.3 is 5.97 Å². The zero-order valence-electron chi connectivity index (χ0n) is 16.6. The third-order valence-corrected chi connectivity index (χ3v) is 4.96. The molecule has 0 amide bonds. The number of Topliss-reactive ketones (excluding diaryl/α,β-unsaturated/α-hetero) is 1. The van der Waals surface area contributed by atoms with Crippen LogP contribution in [0.3, 0.4) is 0 Å². The lowest BCUT2D eigenvalue weighted by atomic mass is 10.1. The molecule has 150 valence electrons. The number of carbonyl (C=O) groups excluding carboxylic acids is 2. The van der Waals surface area contributed by atoms with Crippen molar-refractivity contribution in [2.24, 2.45) is 0 Å². The fourth-order valence-corrected chi connectivity index (χ4v) is 3.25. The topological polar surface area (TPSA) is 74.1 Å². The van der Waals surface area contributed by atoms with Gasteiger partial charge in [0.1, 0.15) is 5.52 Å². The van der Waals surface area contributed by atoms with Crippen molar-refractivity contribution in [2.45, 2.75) is 26.0 Å². The van der Waals surface area contributed by atoms with Gasteiger partial charge in [0.2, 0.25) is 5.78 Å². The van der Waals surface area contributed by atoms with Gasteiger partial charge in [0.25, 0.3) is 0 Å². The predicted octanol–water partition coefficient (Wildman–Crippen LogP) is 4.10. The molecule has 0 bridgehead atoms. The number of aromatic nitrogens is 3. The summed E-state index contributed by atoms with van der Waals surface area (Å²) >= 11 is 0. The van der Waals surface area contributed by atoms with E-state index in [1.165, 1.54) is 0 Å². The van der Waals surface area contributed by atoms with Crippen LogP contribution in [0.5, 0.6) is 0 Å². The van der Waals surface area contributed by atoms with E-state index in [-0.39, 0.29) is 12.3 Å². The summed E-state index contributed by atoms with van der Waals surface area (Å²) in [6.07, 6.45) is -0.153. The molecule has 0 aliphatic rings. The standard InChI is InChI=1S/C24H21N3O3/c1-2-17-12-14-19(15-13-17)24(29)30-22(23(28)18-8-4-3-5-9-18)16-27-21-11-7-6-10-20(21)25-26-27/h3-15,22H,2,16H2,1H3/t22-/m0/s1. The summed E-state index contributed by atoms with van der Waals surface area (Å²) in [6.45, 7) is 2.12. The van der Waals surface area contributed by atoms with E-state index in [1.807, 2.05) is 49.4 Å². The van der Waals surface area contributed by atoms with E-state index in [0.717, 1.165) is 17.5 Å². The first-order valence-electron chi connectivity index (χ1n) is 9.83. The molecule has 0 radical (unpaired) electrons. The highest BCUT2D eigenvalue weighted by atomic mass is 16.5. The number of benzene rings is 3. The number of nitrogens with zero attached hydrogens (tertiary/aromatic N) is 3. The molecule has 0 spiro atoms. The molecular formula is C24H21N3O3. The molecule has 4 aromatic rings. The van der Waals surface area contributed by atoms with Crippen LogP contribution in [-0.4, -0.2) is 32.9 Å². The zero-order valence-corrected chi connectivity index (χ0v) is 16.6. The molecule has 0 fully saturated rings. The number of para-hydroxylation sites is 1. The van der Waals surface area contributed by atoms with E-state index < -0.39 is 12.1 Å². The Kier molecular flexibility index (Phi) is 5.66. The van der Waals surface area contributed by atoms with E-state index in [4.69, 9.17) is 4.74 Å². The van der Waals surface area contributed by atoms with Crippen molar-refractivity contribution in [2.75, 3.05) is 0 Å². The van der Waals surface area contributed by atoms with Crippen molar-refractivity contribution in [1.82, 2.24) is 15.0 Å². The molecule has 6 heteroatoms. The molecule has 3 aromatic carbocycles. The van der Waals surface area contributed by atoms with Gasteiger partial charge < -0.3 is 4.74 Å². The minimum absolute atomic E-state index is 0.0764. The van der Waals surface area contributed by atoms with Crippen molar-refractivity contribution in [3.05, 3.63) is 95.6 Å². The molecule has 1 atom stereocenters. The summed E-state index contributed by atoms with van der Waals surface area (Å²) < 4.78 is 7.26. The van der Waals surface area contributed by atoms with Gasteiger partial charge in [-0.05, 0) is 36.2 Å². The van der Waals surface area contributed by atoms with Crippen LogP contribution in [0.2, 0.25) is 0 Å². The molecule has 1 heterocycles. The number of esters is 1. The number of rotatable bonds is 7. The summed E-state index contributed by atoms with van der Waals surface area (Å²) in [5, 5.41) is 8.26. The van der Waals surface area contributed by atoms with Crippen molar-refractivity contribution >= 4 is 22.8 Å². The predicted molar refractivity (Wildman–Crippen MR) is 113 cm³/mol. The average molecular weight is 399 g/mol. The normalized spacial score (nSPS) is 11.9. The Bertz CT molecular complexity index is 1170. The first-order chi connectivity index (χ1) is 14.7. The monoisotopic (exact) mass is 399 g/mol. The van der Waals surface area contributed by atoms with E-state index in [9.17, 15) is 9.59 Å². The number of ether oxygens (including phenoxy) is 1. The maximum Gasteiger partial charge on any atom is 0.338 e. The van der Waals surface area contributed by atoms with Crippen molar-refractivity contribution < 1.29 is 14.3 Å². The fourth-order valence-electron chi connectivity index (χ4n) is 3.25. The second-order valence-corrected chi connectivity index (χ2v) is 6.93. The quantitative estimate of drug-likeness (QED) is 0.345. The van der Waals surface area contributed by atoms with E-state index in [2.05, 4.69) is 10.3 Å². The molecule has 0 N–H and O–H groups in total. The molecule has 30 heavy (non-hydrogen) atoms. The van der Waals surface area contributed by atoms with Crippen LogP contribution in [0.1, 0.15) is 33.2 Å². The minimum Gasteiger partial charge on any atom is -0.448 e. The second-order valence-electron chi connectivity index (χ2n) is 6.93. The average Bonchev–Trinajstić information content (AvgIpc) is 3.21. The van der Waals surface area contributed by atoms with E-state index in [1.54, 1.807) is 41.1 Å². The largest absolute Gasteiger partial charge is 0.448 e. The van der Waals surface area contributed by atoms with Crippen LogP contribution in [0.15, 0.2) is 78.9 Å². The molecule has 6 nitrogen and oxygen atoms in total. The van der Waals surface area contributed by atoms with Gasteiger partial charge in [-0.1, -0.05) is 66.7 Å².